The van der Waals surface area contributed by atoms with E-state index in [1.807, 2.05) is 0 Å². The molecule has 3 aliphatic carbocycles. The Labute approximate surface area is 262 Å². The number of likely N-dealkylation sites (tertiary alicyclic amines) is 1. The van der Waals surface area contributed by atoms with E-state index in [0.29, 0.717) is 24.3 Å². The standard InChI is InChI=1S/C32H43N5O8/c1-31(2,3)13-37-11-15(12-37)30(44)34-18-10-19(35(4)5)16-8-14-9-17-23(36(6)7)26(40)22(29(33)43)28(42)32(17,45)27(41)20(14)25(39)21(16)24(18)38/h10,14-15,17,23,38,40-41,45H,8-9,11-13H2,1-7H3,(H2,33,43)(H,34,44)/t14-,17-,23-,32-/m0/s1. The molecule has 0 saturated carbocycles. The van der Waals surface area contributed by atoms with Crippen LogP contribution < -0.4 is 16.0 Å². The number of nitrogens with one attached hydrogen (secondary N) is 1. The van der Waals surface area contributed by atoms with Crippen molar-refractivity contribution in [3.05, 3.63) is 39.9 Å². The lowest BCUT2D eigenvalue weighted by Gasteiger charge is -2.50. The van der Waals surface area contributed by atoms with Gasteiger partial charge in [-0.1, -0.05) is 20.8 Å². The molecular formula is C32H43N5O8. The van der Waals surface area contributed by atoms with Gasteiger partial charge in [0.15, 0.2) is 17.1 Å². The average Bonchev–Trinajstić information content (AvgIpc) is 2.88. The lowest BCUT2D eigenvalue weighted by atomic mass is 9.58. The van der Waals surface area contributed by atoms with Crippen molar-refractivity contribution in [1.29, 1.82) is 0 Å². The molecule has 45 heavy (non-hydrogen) atoms. The van der Waals surface area contributed by atoms with E-state index in [2.05, 4.69) is 31.0 Å². The van der Waals surface area contributed by atoms with Crippen molar-refractivity contribution in [2.45, 2.75) is 45.3 Å². The molecule has 0 bridgehead atoms. The lowest BCUT2D eigenvalue weighted by Crippen LogP contribution is -2.63. The first-order chi connectivity index (χ1) is 20.8. The SMILES string of the molecule is CN(C)c1cc(NC(=O)C2CN(CC(C)(C)C)C2)c(O)c2c1C[C@H]1C[C@H]3[C@H](N(C)C)C(O)=C(C(N)=O)C(=O)[C@@]3(O)C(O)=C1C2=O. The maximum absolute atomic E-state index is 14.2. The van der Waals surface area contributed by atoms with Crippen molar-refractivity contribution in [3.63, 3.8) is 0 Å². The molecule has 13 heteroatoms. The highest BCUT2D eigenvalue weighted by atomic mass is 16.3. The number of carbonyl (C=O) groups excluding carboxylic acids is 4. The number of fused-ring (bicyclic) bond motifs is 3. The van der Waals surface area contributed by atoms with Gasteiger partial charge < -0.3 is 41.3 Å². The number of hydrogen-bond donors (Lipinski definition) is 6. The molecule has 0 spiro atoms. The summed E-state index contributed by atoms with van der Waals surface area (Å²) in [6.07, 6.45) is 0.138. The number of rotatable bonds is 6. The third-order valence-electron chi connectivity index (χ3n) is 9.46. The molecule has 4 atom stereocenters. The van der Waals surface area contributed by atoms with Crippen LogP contribution in [0.25, 0.3) is 0 Å². The average molecular weight is 626 g/mol. The van der Waals surface area contributed by atoms with Crippen molar-refractivity contribution >= 4 is 34.8 Å². The van der Waals surface area contributed by atoms with Crippen LogP contribution in [-0.2, 0) is 20.8 Å². The predicted octanol–water partition coefficient (Wildman–Crippen LogP) is 1.10. The number of phenols is 1. The van der Waals surface area contributed by atoms with E-state index >= 15 is 0 Å². The third-order valence-corrected chi connectivity index (χ3v) is 9.46. The van der Waals surface area contributed by atoms with Crippen LogP contribution in [0.4, 0.5) is 11.4 Å². The van der Waals surface area contributed by atoms with Crippen LogP contribution in [0.2, 0.25) is 0 Å². The number of nitrogens with zero attached hydrogens (tertiary/aromatic N) is 3. The van der Waals surface area contributed by atoms with E-state index in [1.165, 1.54) is 4.90 Å². The highest BCUT2D eigenvalue weighted by Gasteiger charge is 2.63. The molecule has 1 aromatic carbocycles. The lowest BCUT2D eigenvalue weighted by molar-refractivity contribution is -0.148. The Morgan fingerprint density at radius 3 is 2.27 bits per heavy atom. The summed E-state index contributed by atoms with van der Waals surface area (Å²) in [4.78, 5) is 58.5. The number of allylic oxidation sites excluding steroid dienone is 1. The van der Waals surface area contributed by atoms with E-state index in [0.717, 1.165) is 6.54 Å². The first-order valence-corrected chi connectivity index (χ1v) is 15.0. The number of primary amides is 1. The number of hydrogen-bond acceptors (Lipinski definition) is 11. The predicted molar refractivity (Wildman–Crippen MR) is 166 cm³/mol. The number of amides is 2. The third kappa shape index (κ3) is 5.06. The van der Waals surface area contributed by atoms with Crippen molar-refractivity contribution in [1.82, 2.24) is 9.80 Å². The fourth-order valence-corrected chi connectivity index (χ4v) is 7.56. The van der Waals surface area contributed by atoms with Crippen molar-refractivity contribution in [2.24, 2.45) is 28.9 Å². The summed E-state index contributed by atoms with van der Waals surface area (Å²) < 4.78 is 0. The number of anilines is 2. The number of ketones is 2. The summed E-state index contributed by atoms with van der Waals surface area (Å²) in [6.45, 7) is 8.33. The zero-order valence-electron chi connectivity index (χ0n) is 26.8. The maximum Gasteiger partial charge on any atom is 0.255 e. The van der Waals surface area contributed by atoms with Gasteiger partial charge in [0.1, 0.15) is 17.1 Å². The number of aliphatic hydroxyl groups excluding tert-OH is 2. The van der Waals surface area contributed by atoms with E-state index in [9.17, 15) is 39.6 Å². The molecule has 13 nitrogen and oxygen atoms in total. The van der Waals surface area contributed by atoms with E-state index in [-0.39, 0.29) is 46.9 Å². The zero-order valence-corrected chi connectivity index (χ0v) is 26.8. The number of carbonyl (C=O) groups is 4. The van der Waals surface area contributed by atoms with Crippen LogP contribution in [0.1, 0.15) is 43.1 Å². The monoisotopic (exact) mass is 625 g/mol. The summed E-state index contributed by atoms with van der Waals surface area (Å²) >= 11 is 0. The molecule has 2 amide bonds. The topological polar surface area (TPSA) is 197 Å². The maximum atomic E-state index is 14.2. The zero-order chi connectivity index (χ0) is 33.5. The summed E-state index contributed by atoms with van der Waals surface area (Å²) in [7, 11) is 6.68. The molecule has 1 fully saturated rings. The molecule has 0 radical (unpaired) electrons. The molecule has 7 N–H and O–H groups in total. The Bertz CT molecular complexity index is 1570. The number of phenolic OH excluding ortho intramolecular Hbond substituents is 1. The Hall–Kier alpha value is -3.94. The summed E-state index contributed by atoms with van der Waals surface area (Å²) in [5.41, 5.74) is 2.57. The molecule has 4 aliphatic rings. The fraction of sp³-hybridized carbons (Fsp3) is 0.562. The number of nitrogens with two attached hydrogens (primary N) is 1. The van der Waals surface area contributed by atoms with Gasteiger partial charge in [0.2, 0.25) is 11.7 Å². The summed E-state index contributed by atoms with van der Waals surface area (Å²) in [5.74, 6) is -7.82. The van der Waals surface area contributed by atoms with Crippen molar-refractivity contribution < 1.29 is 39.6 Å². The van der Waals surface area contributed by atoms with Crippen LogP contribution in [0.15, 0.2) is 28.7 Å². The van der Waals surface area contributed by atoms with Gasteiger partial charge >= 0.3 is 0 Å². The molecular weight excluding hydrogens is 582 g/mol. The molecule has 1 aliphatic heterocycles. The smallest absolute Gasteiger partial charge is 0.255 e. The van der Waals surface area contributed by atoms with Gasteiger partial charge in [-0.05, 0) is 49.9 Å². The van der Waals surface area contributed by atoms with Crippen molar-refractivity contribution in [2.75, 3.05) is 58.0 Å². The van der Waals surface area contributed by atoms with Crippen molar-refractivity contribution in [3.8, 4) is 5.75 Å². The molecule has 5 rings (SSSR count). The normalized spacial score (nSPS) is 27.2. The second kappa shape index (κ2) is 10.8. The quantitative estimate of drug-likeness (QED) is 0.196. The Balaban J connectivity index is 1.56. The van der Waals surface area contributed by atoms with Crippen LogP contribution in [0.3, 0.4) is 0 Å². The van der Waals surface area contributed by atoms with E-state index < -0.39 is 63.8 Å². The molecule has 1 aromatic rings. The Kier molecular flexibility index (Phi) is 7.82. The van der Waals surface area contributed by atoms with Crippen LogP contribution in [-0.4, -0.2) is 113 Å². The first-order valence-electron chi connectivity index (χ1n) is 15.0. The molecule has 1 saturated heterocycles. The first kappa shape index (κ1) is 32.5. The molecule has 1 heterocycles. The van der Waals surface area contributed by atoms with Gasteiger partial charge in [-0.3, -0.25) is 24.1 Å². The highest BCUT2D eigenvalue weighted by molar-refractivity contribution is 6.25. The number of Topliss-reactive ketones (excluding diaryl/α,β-unsaturated/α-hetero) is 2. The van der Waals surface area contributed by atoms with Gasteiger partial charge in [0.05, 0.1) is 23.2 Å². The number of benzene rings is 1. The summed E-state index contributed by atoms with van der Waals surface area (Å²) in [6, 6.07) is 0.541. The second-order valence-electron chi connectivity index (χ2n) is 14.4. The molecule has 0 unspecified atom stereocenters. The minimum atomic E-state index is -2.72. The number of likely N-dealkylation sites (N-methyl/N-ethyl adjacent to an activating group) is 1. The second-order valence-corrected chi connectivity index (χ2v) is 14.4. The Morgan fingerprint density at radius 2 is 1.73 bits per heavy atom. The molecule has 244 valence electrons. The molecule has 0 aromatic heterocycles. The summed E-state index contributed by atoms with van der Waals surface area (Å²) in [5, 5.41) is 48.5. The van der Waals surface area contributed by atoms with Gasteiger partial charge in [0.25, 0.3) is 5.91 Å². The van der Waals surface area contributed by atoms with Crippen LogP contribution in [0, 0.1) is 23.2 Å². The van der Waals surface area contributed by atoms with Gasteiger partial charge in [0, 0.05) is 50.9 Å². The van der Waals surface area contributed by atoms with Gasteiger partial charge in [-0.25, -0.2) is 0 Å². The van der Waals surface area contributed by atoms with Crippen LogP contribution in [0.5, 0.6) is 5.75 Å². The number of aromatic hydroxyl groups is 1. The van der Waals surface area contributed by atoms with Crippen LogP contribution >= 0.6 is 0 Å². The fourth-order valence-electron chi connectivity index (χ4n) is 7.56. The number of aliphatic hydroxyl groups is 3. The largest absolute Gasteiger partial charge is 0.510 e. The minimum absolute atomic E-state index is 0.00930. The van der Waals surface area contributed by atoms with E-state index in [4.69, 9.17) is 5.73 Å². The minimum Gasteiger partial charge on any atom is -0.510 e. The Morgan fingerprint density at radius 1 is 1.11 bits per heavy atom. The highest BCUT2D eigenvalue weighted by Crippen LogP contribution is 2.54. The van der Waals surface area contributed by atoms with E-state index in [1.54, 1.807) is 39.2 Å². The van der Waals surface area contributed by atoms with Gasteiger partial charge in [-0.15, -0.1) is 0 Å². The van der Waals surface area contributed by atoms with Gasteiger partial charge in [-0.2, -0.15) is 0 Å².